The van der Waals surface area contributed by atoms with E-state index in [9.17, 15) is 14.4 Å². The number of benzene rings is 3. The lowest BCUT2D eigenvalue weighted by Gasteiger charge is -2.19. The van der Waals surface area contributed by atoms with Gasteiger partial charge in [0.05, 0.1) is 36.0 Å². The molecule has 9 heteroatoms. The number of hydrogen-bond donors (Lipinski definition) is 2. The van der Waals surface area contributed by atoms with Crippen LogP contribution in [0.2, 0.25) is 0 Å². The van der Waals surface area contributed by atoms with Crippen molar-refractivity contribution >= 4 is 46.1 Å². The molecular formula is C29H25N5O4. The second-order valence-corrected chi connectivity index (χ2v) is 8.68. The highest BCUT2D eigenvalue weighted by Gasteiger charge is 2.29. The van der Waals surface area contributed by atoms with E-state index in [4.69, 9.17) is 4.74 Å². The standard InChI is InChI=1S/C29H25N5O4/c1-33(25(35)17-34-15-14-30-18-34)22-11-9-21(10-12-22)31-27(19-6-4-3-5-7-19)26-23-13-8-20(29(37)38-2)16-24(23)32-28(26)36/h3-16,18,31H,17H2,1-2H3,(H,32,36)/b27-26-. The van der Waals surface area contributed by atoms with Gasteiger partial charge in [-0.15, -0.1) is 0 Å². The Labute approximate surface area is 219 Å². The molecule has 5 rings (SSSR count). The van der Waals surface area contributed by atoms with Gasteiger partial charge >= 0.3 is 5.97 Å². The van der Waals surface area contributed by atoms with Crippen molar-refractivity contribution in [3.63, 3.8) is 0 Å². The second-order valence-electron chi connectivity index (χ2n) is 8.68. The van der Waals surface area contributed by atoms with Gasteiger partial charge in [0, 0.05) is 36.4 Å². The number of rotatable bonds is 7. The van der Waals surface area contributed by atoms with E-state index in [0.717, 1.165) is 16.9 Å². The number of methoxy groups -OCH3 is 1. The average Bonchev–Trinajstić information content (AvgIpc) is 3.58. The van der Waals surface area contributed by atoms with Gasteiger partial charge in [-0.25, -0.2) is 9.78 Å². The number of carbonyl (C=O) groups is 3. The molecule has 0 saturated carbocycles. The van der Waals surface area contributed by atoms with Gasteiger partial charge in [-0.3, -0.25) is 9.59 Å². The van der Waals surface area contributed by atoms with Crippen LogP contribution in [0.3, 0.4) is 0 Å². The molecule has 0 atom stereocenters. The fourth-order valence-electron chi connectivity index (χ4n) is 4.25. The van der Waals surface area contributed by atoms with Gasteiger partial charge in [0.15, 0.2) is 0 Å². The van der Waals surface area contributed by atoms with Crippen LogP contribution in [0.1, 0.15) is 21.5 Å². The minimum Gasteiger partial charge on any atom is -0.465 e. The van der Waals surface area contributed by atoms with Crippen molar-refractivity contribution in [2.45, 2.75) is 6.54 Å². The minimum atomic E-state index is -0.477. The highest BCUT2D eigenvalue weighted by atomic mass is 16.5. The van der Waals surface area contributed by atoms with Crippen LogP contribution >= 0.6 is 0 Å². The fraction of sp³-hybridized carbons (Fsp3) is 0.103. The van der Waals surface area contributed by atoms with E-state index in [1.807, 2.05) is 54.6 Å². The first-order valence-electron chi connectivity index (χ1n) is 11.9. The molecule has 0 fully saturated rings. The molecule has 0 aliphatic carbocycles. The maximum atomic E-state index is 13.2. The van der Waals surface area contributed by atoms with Crippen molar-refractivity contribution in [1.82, 2.24) is 9.55 Å². The molecule has 1 aliphatic heterocycles. The quantitative estimate of drug-likeness (QED) is 0.286. The third-order valence-corrected chi connectivity index (χ3v) is 6.27. The summed E-state index contributed by atoms with van der Waals surface area (Å²) in [5.41, 5.74) is 4.93. The van der Waals surface area contributed by atoms with Crippen LogP contribution in [0.25, 0.3) is 11.3 Å². The Morgan fingerprint density at radius 1 is 1.03 bits per heavy atom. The van der Waals surface area contributed by atoms with E-state index in [1.54, 1.807) is 53.4 Å². The number of hydrogen-bond acceptors (Lipinski definition) is 6. The van der Waals surface area contributed by atoms with Crippen LogP contribution in [0.15, 0.2) is 91.5 Å². The molecule has 38 heavy (non-hydrogen) atoms. The van der Waals surface area contributed by atoms with Gasteiger partial charge in [0.25, 0.3) is 5.91 Å². The Hall–Kier alpha value is -5.18. The number of anilines is 3. The molecular weight excluding hydrogens is 482 g/mol. The summed E-state index contributed by atoms with van der Waals surface area (Å²) in [7, 11) is 3.04. The van der Waals surface area contributed by atoms with Gasteiger partial charge in [-0.05, 0) is 42.0 Å². The molecule has 0 radical (unpaired) electrons. The Morgan fingerprint density at radius 2 is 1.79 bits per heavy atom. The van der Waals surface area contributed by atoms with Gasteiger partial charge in [-0.2, -0.15) is 0 Å². The molecule has 190 valence electrons. The largest absolute Gasteiger partial charge is 0.465 e. The summed E-state index contributed by atoms with van der Waals surface area (Å²) in [5.74, 6) is -0.842. The van der Waals surface area contributed by atoms with E-state index in [1.165, 1.54) is 7.11 Å². The van der Waals surface area contributed by atoms with E-state index < -0.39 is 5.97 Å². The topological polar surface area (TPSA) is 106 Å². The van der Waals surface area contributed by atoms with Crippen LogP contribution < -0.4 is 15.5 Å². The number of aromatic nitrogens is 2. The summed E-state index contributed by atoms with van der Waals surface area (Å²) >= 11 is 0. The van der Waals surface area contributed by atoms with Gasteiger partial charge in [-0.1, -0.05) is 36.4 Å². The molecule has 3 aromatic carbocycles. The molecule has 0 bridgehead atoms. The maximum Gasteiger partial charge on any atom is 0.337 e. The summed E-state index contributed by atoms with van der Waals surface area (Å²) in [6, 6.07) is 21.9. The Kier molecular flexibility index (Phi) is 6.73. The zero-order chi connectivity index (χ0) is 26.6. The first-order chi connectivity index (χ1) is 18.4. The van der Waals surface area contributed by atoms with E-state index >= 15 is 0 Å². The molecule has 2 heterocycles. The predicted molar refractivity (Wildman–Crippen MR) is 145 cm³/mol. The average molecular weight is 508 g/mol. The summed E-state index contributed by atoms with van der Waals surface area (Å²) in [5, 5.41) is 6.26. The molecule has 2 N–H and O–H groups in total. The highest BCUT2D eigenvalue weighted by Crippen LogP contribution is 2.38. The molecule has 2 amide bonds. The highest BCUT2D eigenvalue weighted by molar-refractivity contribution is 6.37. The number of imidazole rings is 1. The lowest BCUT2D eigenvalue weighted by molar-refractivity contribution is -0.118. The number of carbonyl (C=O) groups excluding carboxylic acids is 3. The number of fused-ring (bicyclic) bond motifs is 1. The molecule has 0 spiro atoms. The van der Waals surface area contributed by atoms with Gasteiger partial charge in [0.1, 0.15) is 6.54 Å². The molecule has 9 nitrogen and oxygen atoms in total. The number of nitrogens with one attached hydrogen (secondary N) is 2. The molecule has 4 aromatic rings. The van der Waals surface area contributed by atoms with Gasteiger partial charge < -0.3 is 24.8 Å². The zero-order valence-corrected chi connectivity index (χ0v) is 20.8. The molecule has 1 aliphatic rings. The number of nitrogens with zero attached hydrogens (tertiary/aromatic N) is 3. The monoisotopic (exact) mass is 507 g/mol. The summed E-state index contributed by atoms with van der Waals surface area (Å²) in [6.45, 7) is 0.187. The summed E-state index contributed by atoms with van der Waals surface area (Å²) in [4.78, 5) is 43.3. The third-order valence-electron chi connectivity index (χ3n) is 6.27. The Morgan fingerprint density at radius 3 is 2.47 bits per heavy atom. The number of esters is 1. The van der Waals surface area contributed by atoms with Crippen LogP contribution in [-0.4, -0.2) is 41.5 Å². The SMILES string of the molecule is COC(=O)c1ccc2c(c1)NC(=O)/C2=C(\Nc1ccc(N(C)C(=O)Cn2ccnc2)cc1)c1ccccc1. The summed E-state index contributed by atoms with van der Waals surface area (Å²) in [6.07, 6.45) is 4.98. The maximum absolute atomic E-state index is 13.2. The normalized spacial score (nSPS) is 13.4. The van der Waals surface area contributed by atoms with Crippen LogP contribution in [0.5, 0.6) is 0 Å². The number of amides is 2. The molecule has 0 unspecified atom stereocenters. The van der Waals surface area contributed by atoms with E-state index in [0.29, 0.717) is 28.1 Å². The van der Waals surface area contributed by atoms with Crippen molar-refractivity contribution < 1.29 is 19.1 Å². The Bertz CT molecular complexity index is 1530. The lowest BCUT2D eigenvalue weighted by Crippen LogP contribution is -2.29. The number of likely N-dealkylation sites (N-methyl/N-ethyl adjacent to an activating group) is 1. The zero-order valence-electron chi connectivity index (χ0n) is 20.8. The first kappa shape index (κ1) is 24.5. The van der Waals surface area contributed by atoms with Crippen molar-refractivity contribution in [3.05, 3.63) is 108 Å². The lowest BCUT2D eigenvalue weighted by atomic mass is 9.99. The van der Waals surface area contributed by atoms with E-state index in [2.05, 4.69) is 15.6 Å². The first-order valence-corrected chi connectivity index (χ1v) is 11.9. The van der Waals surface area contributed by atoms with Crippen LogP contribution in [0, 0.1) is 0 Å². The van der Waals surface area contributed by atoms with Crippen LogP contribution in [-0.2, 0) is 20.9 Å². The van der Waals surface area contributed by atoms with Crippen molar-refractivity contribution in [2.75, 3.05) is 29.7 Å². The Balaban J connectivity index is 1.46. The van der Waals surface area contributed by atoms with Crippen LogP contribution in [0.4, 0.5) is 17.1 Å². The second kappa shape index (κ2) is 10.4. The van der Waals surface area contributed by atoms with Gasteiger partial charge in [0.2, 0.25) is 5.91 Å². The van der Waals surface area contributed by atoms with E-state index in [-0.39, 0.29) is 18.4 Å². The van der Waals surface area contributed by atoms with Crippen molar-refractivity contribution in [2.24, 2.45) is 0 Å². The molecule has 1 aromatic heterocycles. The van der Waals surface area contributed by atoms with Crippen molar-refractivity contribution in [1.29, 1.82) is 0 Å². The third kappa shape index (κ3) is 4.90. The van der Waals surface area contributed by atoms with Crippen molar-refractivity contribution in [3.8, 4) is 0 Å². The number of ether oxygens (including phenoxy) is 1. The minimum absolute atomic E-state index is 0.0821. The smallest absolute Gasteiger partial charge is 0.337 e. The fourth-order valence-corrected chi connectivity index (χ4v) is 4.25. The summed E-state index contributed by atoms with van der Waals surface area (Å²) < 4.78 is 6.52. The molecule has 0 saturated heterocycles. The predicted octanol–water partition coefficient (Wildman–Crippen LogP) is 4.27.